The van der Waals surface area contributed by atoms with Crippen LogP contribution in [0.2, 0.25) is 5.02 Å². The van der Waals surface area contributed by atoms with E-state index in [0.717, 1.165) is 11.3 Å². The minimum Gasteiger partial charge on any atom is -0.463 e. The number of hydrogen-bond donors (Lipinski definition) is 2. The number of halogens is 1. The SMILES string of the molecule is Cc1c(Cl)cccc1NC(=S)N/N=C\c1ccco1. The first kappa shape index (κ1) is 13.6. The average molecular weight is 294 g/mol. The van der Waals surface area contributed by atoms with Crippen LogP contribution in [0.5, 0.6) is 0 Å². The third-order valence-electron chi connectivity index (χ3n) is 2.42. The van der Waals surface area contributed by atoms with Crippen molar-refractivity contribution in [2.24, 2.45) is 5.10 Å². The van der Waals surface area contributed by atoms with E-state index >= 15 is 0 Å². The van der Waals surface area contributed by atoms with Crippen LogP contribution in [0.4, 0.5) is 5.69 Å². The van der Waals surface area contributed by atoms with Crippen molar-refractivity contribution < 1.29 is 4.42 Å². The lowest BCUT2D eigenvalue weighted by atomic mass is 10.2. The Balaban J connectivity index is 1.93. The summed E-state index contributed by atoms with van der Waals surface area (Å²) < 4.78 is 5.10. The molecule has 0 unspecified atom stereocenters. The second-order valence-electron chi connectivity index (χ2n) is 3.75. The zero-order valence-corrected chi connectivity index (χ0v) is 11.8. The lowest BCUT2D eigenvalue weighted by Gasteiger charge is -2.10. The second-order valence-corrected chi connectivity index (χ2v) is 4.57. The van der Waals surface area contributed by atoms with Gasteiger partial charge in [0.25, 0.3) is 0 Å². The number of nitrogens with zero attached hydrogens (tertiary/aromatic N) is 1. The number of hydrazone groups is 1. The molecule has 2 aromatic rings. The first-order valence-corrected chi connectivity index (χ1v) is 6.34. The Morgan fingerprint density at radius 3 is 2.95 bits per heavy atom. The molecule has 6 heteroatoms. The number of benzene rings is 1. The van der Waals surface area contributed by atoms with Gasteiger partial charge in [-0.05, 0) is 49.0 Å². The number of nitrogens with one attached hydrogen (secondary N) is 2. The summed E-state index contributed by atoms with van der Waals surface area (Å²) in [6.07, 6.45) is 3.12. The Kier molecular flexibility index (Phi) is 4.54. The largest absolute Gasteiger partial charge is 0.463 e. The Morgan fingerprint density at radius 1 is 1.37 bits per heavy atom. The Bertz CT molecular complexity index is 596. The van der Waals surface area contributed by atoms with Gasteiger partial charge in [-0.3, -0.25) is 5.43 Å². The molecule has 4 nitrogen and oxygen atoms in total. The molecule has 0 radical (unpaired) electrons. The molecule has 98 valence electrons. The van der Waals surface area contributed by atoms with Crippen LogP contribution < -0.4 is 10.7 Å². The van der Waals surface area contributed by atoms with Gasteiger partial charge in [0.1, 0.15) is 5.76 Å². The molecule has 0 saturated carbocycles. The summed E-state index contributed by atoms with van der Waals surface area (Å²) in [7, 11) is 0. The number of anilines is 1. The van der Waals surface area contributed by atoms with E-state index in [9.17, 15) is 0 Å². The first-order valence-electron chi connectivity index (χ1n) is 5.55. The Morgan fingerprint density at radius 2 is 2.21 bits per heavy atom. The first-order chi connectivity index (χ1) is 9.16. The van der Waals surface area contributed by atoms with Crippen molar-refractivity contribution in [3.05, 3.63) is 52.9 Å². The molecule has 19 heavy (non-hydrogen) atoms. The third-order valence-corrected chi connectivity index (χ3v) is 3.02. The molecule has 0 saturated heterocycles. The van der Waals surface area contributed by atoms with E-state index in [1.165, 1.54) is 0 Å². The summed E-state index contributed by atoms with van der Waals surface area (Å²) in [5.74, 6) is 0.647. The monoisotopic (exact) mass is 293 g/mol. The summed E-state index contributed by atoms with van der Waals surface area (Å²) in [4.78, 5) is 0. The van der Waals surface area contributed by atoms with Crippen LogP contribution in [0.15, 0.2) is 46.1 Å². The standard InChI is InChI=1S/C13H12ClN3OS/c1-9-11(14)5-2-6-12(9)16-13(19)17-15-8-10-4-3-7-18-10/h2-8H,1H3,(H2,16,17,19)/b15-8-. The number of hydrogen-bond acceptors (Lipinski definition) is 3. The van der Waals surface area contributed by atoms with Crippen LogP contribution in [0, 0.1) is 6.92 Å². The molecular weight excluding hydrogens is 282 g/mol. The van der Waals surface area contributed by atoms with E-state index in [1.807, 2.05) is 25.1 Å². The second kappa shape index (κ2) is 6.36. The highest BCUT2D eigenvalue weighted by Gasteiger charge is 2.03. The normalized spacial score (nSPS) is 10.6. The van der Waals surface area contributed by atoms with Gasteiger partial charge in [0.2, 0.25) is 0 Å². The molecule has 2 rings (SSSR count). The molecule has 1 aromatic heterocycles. The molecule has 0 spiro atoms. The van der Waals surface area contributed by atoms with Crippen LogP contribution in [0.1, 0.15) is 11.3 Å². The zero-order chi connectivity index (χ0) is 13.7. The zero-order valence-electron chi connectivity index (χ0n) is 10.2. The van der Waals surface area contributed by atoms with Crippen molar-refractivity contribution >= 4 is 40.8 Å². The van der Waals surface area contributed by atoms with Gasteiger partial charge in [-0.15, -0.1) is 0 Å². The van der Waals surface area contributed by atoms with Gasteiger partial charge in [-0.1, -0.05) is 17.7 Å². The van der Waals surface area contributed by atoms with Gasteiger partial charge in [-0.2, -0.15) is 5.10 Å². The molecule has 0 aliphatic heterocycles. The highest BCUT2D eigenvalue weighted by atomic mass is 35.5. The average Bonchev–Trinajstić information content (AvgIpc) is 2.88. The van der Waals surface area contributed by atoms with E-state index in [4.69, 9.17) is 28.2 Å². The van der Waals surface area contributed by atoms with Crippen molar-refractivity contribution in [1.29, 1.82) is 0 Å². The molecule has 0 fully saturated rings. The van der Waals surface area contributed by atoms with Crippen LogP contribution in [0.3, 0.4) is 0 Å². The van der Waals surface area contributed by atoms with Crippen molar-refractivity contribution in [1.82, 2.24) is 5.43 Å². The minimum absolute atomic E-state index is 0.383. The van der Waals surface area contributed by atoms with E-state index < -0.39 is 0 Å². The van der Waals surface area contributed by atoms with Gasteiger partial charge >= 0.3 is 0 Å². The fourth-order valence-corrected chi connectivity index (χ4v) is 1.75. The highest BCUT2D eigenvalue weighted by Crippen LogP contribution is 2.22. The molecule has 2 N–H and O–H groups in total. The van der Waals surface area contributed by atoms with Crippen molar-refractivity contribution in [2.45, 2.75) is 6.92 Å². The quantitative estimate of drug-likeness (QED) is 0.516. The summed E-state index contributed by atoms with van der Waals surface area (Å²) in [6, 6.07) is 9.15. The topological polar surface area (TPSA) is 49.6 Å². The molecule has 0 amide bonds. The van der Waals surface area contributed by atoms with Gasteiger partial charge in [0.05, 0.1) is 12.5 Å². The molecular formula is C13H12ClN3OS. The summed E-state index contributed by atoms with van der Waals surface area (Å²) in [5.41, 5.74) is 4.48. The number of rotatable bonds is 3. The van der Waals surface area contributed by atoms with Crippen LogP contribution in [0.25, 0.3) is 0 Å². The maximum absolute atomic E-state index is 6.02. The van der Waals surface area contributed by atoms with Crippen LogP contribution in [-0.2, 0) is 0 Å². The minimum atomic E-state index is 0.383. The molecule has 1 aromatic carbocycles. The number of thiocarbonyl (C=S) groups is 1. The molecule has 0 bridgehead atoms. The predicted molar refractivity (Wildman–Crippen MR) is 81.8 cm³/mol. The summed E-state index contributed by atoms with van der Waals surface area (Å²) >= 11 is 11.1. The smallest absolute Gasteiger partial charge is 0.191 e. The lowest BCUT2D eigenvalue weighted by molar-refractivity contribution is 0.560. The fourth-order valence-electron chi connectivity index (χ4n) is 1.41. The van der Waals surface area contributed by atoms with E-state index in [0.29, 0.717) is 15.9 Å². The van der Waals surface area contributed by atoms with Gasteiger partial charge in [0, 0.05) is 10.7 Å². The van der Waals surface area contributed by atoms with Gasteiger partial charge in [-0.25, -0.2) is 0 Å². The molecule has 0 aliphatic carbocycles. The Labute approximate surface area is 121 Å². The molecule has 0 atom stereocenters. The molecule has 1 heterocycles. The van der Waals surface area contributed by atoms with Gasteiger partial charge < -0.3 is 9.73 Å². The lowest BCUT2D eigenvalue weighted by Crippen LogP contribution is -2.24. The van der Waals surface area contributed by atoms with Gasteiger partial charge in [0.15, 0.2) is 5.11 Å². The number of furan rings is 1. The van der Waals surface area contributed by atoms with Crippen molar-refractivity contribution in [2.75, 3.05) is 5.32 Å². The van der Waals surface area contributed by atoms with Crippen LogP contribution in [-0.4, -0.2) is 11.3 Å². The maximum Gasteiger partial charge on any atom is 0.191 e. The van der Waals surface area contributed by atoms with E-state index in [1.54, 1.807) is 24.6 Å². The van der Waals surface area contributed by atoms with E-state index in [-0.39, 0.29) is 0 Å². The third kappa shape index (κ3) is 3.81. The Hall–Kier alpha value is -1.85. The predicted octanol–water partition coefficient (Wildman–Crippen LogP) is 3.56. The van der Waals surface area contributed by atoms with Crippen LogP contribution >= 0.6 is 23.8 Å². The van der Waals surface area contributed by atoms with Crippen molar-refractivity contribution in [3.8, 4) is 0 Å². The summed E-state index contributed by atoms with van der Waals surface area (Å²) in [6.45, 7) is 1.92. The molecule has 0 aliphatic rings. The highest BCUT2D eigenvalue weighted by molar-refractivity contribution is 7.80. The van der Waals surface area contributed by atoms with Crippen molar-refractivity contribution in [3.63, 3.8) is 0 Å². The van der Waals surface area contributed by atoms with E-state index in [2.05, 4.69) is 15.8 Å². The fraction of sp³-hybridized carbons (Fsp3) is 0.0769. The maximum atomic E-state index is 6.02. The summed E-state index contributed by atoms with van der Waals surface area (Å²) in [5, 5.41) is 8.05.